The van der Waals surface area contributed by atoms with Crippen LogP contribution in [0.15, 0.2) is 54.6 Å². The minimum absolute atomic E-state index is 0.0932. The zero-order valence-corrected chi connectivity index (χ0v) is 32.7. The maximum atomic E-state index is 14.5. The van der Waals surface area contributed by atoms with Gasteiger partial charge in [-0.05, 0) is 204 Å². The Kier molecular flexibility index (Phi) is 8.90. The van der Waals surface area contributed by atoms with Crippen LogP contribution in [0.1, 0.15) is 145 Å². The number of amides is 2. The first-order valence-corrected chi connectivity index (χ1v) is 22.4. The van der Waals surface area contributed by atoms with E-state index in [4.69, 9.17) is 11.5 Å². The number of hydrogen-bond donors (Lipinski definition) is 4. The Morgan fingerprint density at radius 2 is 1.02 bits per heavy atom. The van der Waals surface area contributed by atoms with Crippen molar-refractivity contribution in [1.82, 2.24) is 10.6 Å². The topological polar surface area (TPSA) is 110 Å². The zero-order chi connectivity index (χ0) is 36.7. The quantitative estimate of drug-likeness (QED) is 0.210. The lowest BCUT2D eigenvalue weighted by atomic mass is 9.39. The summed E-state index contributed by atoms with van der Waals surface area (Å²) in [7, 11) is 0. The van der Waals surface area contributed by atoms with Crippen LogP contribution in [0.2, 0.25) is 0 Å². The molecule has 290 valence electrons. The molecule has 8 bridgehead atoms. The minimum Gasteiger partial charge on any atom is -0.353 e. The molecule has 12 rings (SSSR count). The molecule has 0 saturated heterocycles. The van der Waals surface area contributed by atoms with Crippen molar-refractivity contribution in [1.29, 1.82) is 0 Å². The Morgan fingerprint density at radius 1 is 0.556 bits per heavy atom. The second-order valence-corrected chi connectivity index (χ2v) is 21.0. The molecule has 10 saturated carbocycles. The number of carbonyl (C=O) groups is 2. The van der Waals surface area contributed by atoms with Crippen LogP contribution in [-0.4, -0.2) is 37.0 Å². The van der Waals surface area contributed by atoms with Crippen LogP contribution in [-0.2, 0) is 20.4 Å². The van der Waals surface area contributed by atoms with E-state index < -0.39 is 0 Å². The highest BCUT2D eigenvalue weighted by Crippen LogP contribution is 2.70. The molecule has 2 aromatic carbocycles. The minimum atomic E-state index is -0.263. The van der Waals surface area contributed by atoms with Gasteiger partial charge in [0.15, 0.2) is 0 Å². The van der Waals surface area contributed by atoms with Crippen molar-refractivity contribution in [3.05, 3.63) is 71.3 Å². The van der Waals surface area contributed by atoms with E-state index in [-0.39, 0.29) is 21.7 Å². The summed E-state index contributed by atoms with van der Waals surface area (Å²) in [5.74, 6) is 4.85. The SMILES string of the molecule is NC[C@H]1CC[C@H](NC(=O)C23CC4CC(C2)CC(c2ccc(C5C6CC7(C(=O)N[C@H]8CC[C@H](CN)CC8)CC5CC(c5ccccc5)(C6)C7)cc2)(C4)C3)CC1. The smallest absolute Gasteiger partial charge is 0.226 e. The van der Waals surface area contributed by atoms with Gasteiger partial charge < -0.3 is 22.1 Å². The predicted octanol–water partition coefficient (Wildman–Crippen LogP) is 8.02. The van der Waals surface area contributed by atoms with Gasteiger partial charge in [0.1, 0.15) is 0 Å². The molecule has 6 N–H and O–H groups in total. The molecule has 2 amide bonds. The summed E-state index contributed by atoms with van der Waals surface area (Å²) < 4.78 is 0. The molecule has 10 fully saturated rings. The summed E-state index contributed by atoms with van der Waals surface area (Å²) in [4.78, 5) is 28.8. The van der Waals surface area contributed by atoms with Gasteiger partial charge in [0.2, 0.25) is 11.8 Å². The maximum Gasteiger partial charge on any atom is 0.226 e. The van der Waals surface area contributed by atoms with E-state index in [1.54, 1.807) is 0 Å². The third kappa shape index (κ3) is 5.93. The lowest BCUT2D eigenvalue weighted by Crippen LogP contribution is -2.62. The van der Waals surface area contributed by atoms with Crippen molar-refractivity contribution >= 4 is 11.8 Å². The van der Waals surface area contributed by atoms with Gasteiger partial charge in [-0.25, -0.2) is 0 Å². The van der Waals surface area contributed by atoms with Crippen LogP contribution in [0.25, 0.3) is 0 Å². The summed E-state index contributed by atoms with van der Waals surface area (Å²) >= 11 is 0. The van der Waals surface area contributed by atoms with Crippen LogP contribution in [0, 0.1) is 46.3 Å². The van der Waals surface area contributed by atoms with Gasteiger partial charge in [-0.2, -0.15) is 0 Å². The van der Waals surface area contributed by atoms with Crippen molar-refractivity contribution in [3.63, 3.8) is 0 Å². The molecule has 0 spiro atoms. The highest BCUT2D eigenvalue weighted by molar-refractivity contribution is 5.84. The molecule has 0 aromatic heterocycles. The fourth-order valence-corrected chi connectivity index (χ4v) is 15.8. The number of rotatable bonds is 9. The molecular formula is C48H66N4O2. The van der Waals surface area contributed by atoms with Gasteiger partial charge in [0.25, 0.3) is 0 Å². The van der Waals surface area contributed by atoms with Crippen molar-refractivity contribution in [2.45, 2.75) is 151 Å². The maximum absolute atomic E-state index is 14.5. The number of nitrogens with two attached hydrogens (primary N) is 2. The molecule has 0 heterocycles. The number of hydrogen-bond acceptors (Lipinski definition) is 4. The fourth-order valence-electron chi connectivity index (χ4n) is 15.8. The second-order valence-electron chi connectivity index (χ2n) is 21.0. The fraction of sp³-hybridized carbons (Fsp3) is 0.708. The molecule has 0 aliphatic heterocycles. The predicted molar refractivity (Wildman–Crippen MR) is 214 cm³/mol. The van der Waals surface area contributed by atoms with Gasteiger partial charge in [0.05, 0.1) is 10.8 Å². The van der Waals surface area contributed by atoms with Crippen LogP contribution in [0.4, 0.5) is 0 Å². The molecule has 0 radical (unpaired) electrons. The highest BCUT2D eigenvalue weighted by Gasteiger charge is 2.65. The van der Waals surface area contributed by atoms with E-state index in [1.165, 1.54) is 48.8 Å². The standard InChI is InChI=1S/C48H66N4O2/c49-27-31-6-14-40(15-7-31)51-43(53)47-21-33-18-34(22-47)20-45(19-33,29-47)39-12-10-35(11-13-39)42-36-23-46(38-4-2-1-3-5-38)24-37(42)26-48(25-36,30-46)44(54)52-41-16-8-32(28-50)9-17-41/h1-5,10-13,31-34,36-37,40-42H,6-9,14-30,49-50H2,(H,51,53)(H,52,54)/t31-,32-,33?,34?,36?,37?,40-,41-,42?,45?,46?,47?,48?. The van der Waals surface area contributed by atoms with Gasteiger partial charge >= 0.3 is 0 Å². The normalized spacial score (nSPS) is 44.6. The van der Waals surface area contributed by atoms with Crippen LogP contribution in [0.3, 0.4) is 0 Å². The average molecular weight is 731 g/mol. The first kappa shape index (κ1) is 35.7. The average Bonchev–Trinajstić information content (AvgIpc) is 3.18. The van der Waals surface area contributed by atoms with Gasteiger partial charge in [-0.3, -0.25) is 9.59 Å². The van der Waals surface area contributed by atoms with Crippen LogP contribution < -0.4 is 22.1 Å². The zero-order valence-electron chi connectivity index (χ0n) is 32.7. The number of carbonyl (C=O) groups excluding carboxylic acids is 2. The molecule has 2 aromatic rings. The van der Waals surface area contributed by atoms with Crippen molar-refractivity contribution in [2.24, 2.45) is 57.8 Å². The van der Waals surface area contributed by atoms with E-state index in [1.807, 2.05) is 0 Å². The summed E-state index contributed by atoms with van der Waals surface area (Å²) in [5, 5.41) is 7.25. The monoisotopic (exact) mass is 731 g/mol. The second kappa shape index (κ2) is 13.5. The Labute approximate surface area is 324 Å². The molecule has 6 heteroatoms. The molecule has 4 unspecified atom stereocenters. The molecule has 4 atom stereocenters. The molecule has 10 aliphatic rings. The van der Waals surface area contributed by atoms with Crippen molar-refractivity contribution in [3.8, 4) is 0 Å². The Balaban J connectivity index is 0.886. The Morgan fingerprint density at radius 3 is 1.52 bits per heavy atom. The van der Waals surface area contributed by atoms with E-state index in [9.17, 15) is 9.59 Å². The molecule has 6 nitrogen and oxygen atoms in total. The number of benzene rings is 2. The molecule has 10 aliphatic carbocycles. The van der Waals surface area contributed by atoms with E-state index in [0.29, 0.717) is 65.3 Å². The number of nitrogens with one attached hydrogen (secondary N) is 2. The van der Waals surface area contributed by atoms with E-state index in [0.717, 1.165) is 103 Å². The third-order valence-corrected chi connectivity index (χ3v) is 17.7. The molecule has 54 heavy (non-hydrogen) atoms. The van der Waals surface area contributed by atoms with Crippen molar-refractivity contribution in [2.75, 3.05) is 13.1 Å². The summed E-state index contributed by atoms with van der Waals surface area (Å²) in [5.41, 5.74) is 16.2. The third-order valence-electron chi connectivity index (χ3n) is 17.7. The largest absolute Gasteiger partial charge is 0.353 e. The molecular weight excluding hydrogens is 665 g/mol. The van der Waals surface area contributed by atoms with E-state index in [2.05, 4.69) is 65.2 Å². The lowest BCUT2D eigenvalue weighted by Gasteiger charge is -2.64. The van der Waals surface area contributed by atoms with Crippen LogP contribution >= 0.6 is 0 Å². The van der Waals surface area contributed by atoms with Crippen LogP contribution in [0.5, 0.6) is 0 Å². The first-order chi connectivity index (χ1) is 26.2. The van der Waals surface area contributed by atoms with Gasteiger partial charge in [0, 0.05) is 12.1 Å². The van der Waals surface area contributed by atoms with Gasteiger partial charge in [-0.15, -0.1) is 0 Å². The van der Waals surface area contributed by atoms with Gasteiger partial charge in [-0.1, -0.05) is 54.6 Å². The highest BCUT2D eigenvalue weighted by atomic mass is 16.2. The van der Waals surface area contributed by atoms with E-state index >= 15 is 0 Å². The van der Waals surface area contributed by atoms with Crippen molar-refractivity contribution < 1.29 is 9.59 Å². The first-order valence-electron chi connectivity index (χ1n) is 22.4. The summed E-state index contributed by atoms with van der Waals surface area (Å²) in [6.07, 6.45) is 21.3. The Bertz CT molecular complexity index is 1680. The lowest BCUT2D eigenvalue weighted by molar-refractivity contribution is -0.153. The summed E-state index contributed by atoms with van der Waals surface area (Å²) in [6, 6.07) is 21.9. The summed E-state index contributed by atoms with van der Waals surface area (Å²) in [6.45, 7) is 1.55. The Hall–Kier alpha value is -2.70.